The number of aliphatic hydroxyl groups excluding tert-OH is 1. The first kappa shape index (κ1) is 16.7. The number of anilines is 1. The van der Waals surface area contributed by atoms with Crippen molar-refractivity contribution in [1.29, 1.82) is 0 Å². The molecule has 0 saturated carbocycles. The van der Waals surface area contributed by atoms with Crippen LogP contribution in [0.25, 0.3) is 0 Å². The SMILES string of the molecule is C[C@H](O)c1ccc2c(c1)N(CC(=O)NC[C@@H]1CCCO1)C(=O)CO2. The van der Waals surface area contributed by atoms with Crippen molar-refractivity contribution in [2.45, 2.75) is 32.0 Å². The molecule has 0 aliphatic carbocycles. The summed E-state index contributed by atoms with van der Waals surface area (Å²) in [5.74, 6) is 0.0117. The van der Waals surface area contributed by atoms with Gasteiger partial charge < -0.3 is 19.9 Å². The third-order valence-corrected chi connectivity index (χ3v) is 4.26. The van der Waals surface area contributed by atoms with E-state index in [1.807, 2.05) is 0 Å². The van der Waals surface area contributed by atoms with E-state index in [1.165, 1.54) is 4.90 Å². The predicted molar refractivity (Wildman–Crippen MR) is 86.9 cm³/mol. The fourth-order valence-corrected chi connectivity index (χ4v) is 2.88. The Morgan fingerprint density at radius 3 is 3.04 bits per heavy atom. The van der Waals surface area contributed by atoms with Gasteiger partial charge >= 0.3 is 0 Å². The van der Waals surface area contributed by atoms with Crippen LogP contribution in [0.3, 0.4) is 0 Å². The Kier molecular flexibility index (Phi) is 5.01. The molecule has 7 nitrogen and oxygen atoms in total. The number of aliphatic hydroxyl groups is 1. The van der Waals surface area contributed by atoms with E-state index < -0.39 is 6.10 Å². The number of benzene rings is 1. The molecule has 0 aromatic heterocycles. The van der Waals surface area contributed by atoms with Gasteiger partial charge in [-0.3, -0.25) is 14.5 Å². The Labute approximate surface area is 140 Å². The molecule has 1 fully saturated rings. The summed E-state index contributed by atoms with van der Waals surface area (Å²) < 4.78 is 10.9. The maximum Gasteiger partial charge on any atom is 0.265 e. The molecule has 0 spiro atoms. The summed E-state index contributed by atoms with van der Waals surface area (Å²) in [4.78, 5) is 25.8. The number of hydrogen-bond acceptors (Lipinski definition) is 5. The molecule has 130 valence electrons. The number of nitrogens with zero attached hydrogens (tertiary/aromatic N) is 1. The molecule has 0 unspecified atom stereocenters. The molecule has 7 heteroatoms. The first-order chi connectivity index (χ1) is 11.5. The van der Waals surface area contributed by atoms with Crippen molar-refractivity contribution in [3.05, 3.63) is 23.8 Å². The average Bonchev–Trinajstić information content (AvgIpc) is 3.08. The Morgan fingerprint density at radius 1 is 1.50 bits per heavy atom. The van der Waals surface area contributed by atoms with Gasteiger partial charge in [0.15, 0.2) is 6.61 Å². The third kappa shape index (κ3) is 3.68. The zero-order chi connectivity index (χ0) is 17.1. The van der Waals surface area contributed by atoms with Crippen molar-refractivity contribution in [3.63, 3.8) is 0 Å². The summed E-state index contributed by atoms with van der Waals surface area (Å²) in [7, 11) is 0. The molecular formula is C17H22N2O5. The van der Waals surface area contributed by atoms with Crippen LogP contribution >= 0.6 is 0 Å². The van der Waals surface area contributed by atoms with Gasteiger partial charge in [-0.2, -0.15) is 0 Å². The predicted octanol–water partition coefficient (Wildman–Crippen LogP) is 0.760. The summed E-state index contributed by atoms with van der Waals surface area (Å²) in [6.45, 7) is 2.66. The highest BCUT2D eigenvalue weighted by molar-refractivity contribution is 6.02. The average molecular weight is 334 g/mol. The highest BCUT2D eigenvalue weighted by Gasteiger charge is 2.28. The number of nitrogens with one attached hydrogen (secondary N) is 1. The molecule has 1 saturated heterocycles. The van der Waals surface area contributed by atoms with E-state index in [-0.39, 0.29) is 31.1 Å². The molecule has 0 radical (unpaired) electrons. The Bertz CT molecular complexity index is 625. The van der Waals surface area contributed by atoms with Gasteiger partial charge in [-0.05, 0) is 37.5 Å². The number of fused-ring (bicyclic) bond motifs is 1. The van der Waals surface area contributed by atoms with Gasteiger partial charge in [-0.1, -0.05) is 6.07 Å². The maximum atomic E-state index is 12.2. The van der Waals surface area contributed by atoms with Gasteiger partial charge in [-0.15, -0.1) is 0 Å². The van der Waals surface area contributed by atoms with E-state index in [4.69, 9.17) is 9.47 Å². The van der Waals surface area contributed by atoms with Crippen LogP contribution in [0.5, 0.6) is 5.75 Å². The number of rotatable bonds is 5. The maximum absolute atomic E-state index is 12.2. The van der Waals surface area contributed by atoms with E-state index in [2.05, 4.69) is 5.32 Å². The van der Waals surface area contributed by atoms with Crippen molar-refractivity contribution in [2.24, 2.45) is 0 Å². The van der Waals surface area contributed by atoms with Crippen molar-refractivity contribution in [3.8, 4) is 5.75 Å². The molecule has 1 aromatic carbocycles. The zero-order valence-corrected chi connectivity index (χ0v) is 13.7. The number of carbonyl (C=O) groups excluding carboxylic acids is 2. The van der Waals surface area contributed by atoms with Crippen molar-refractivity contribution >= 4 is 17.5 Å². The highest BCUT2D eigenvalue weighted by Crippen LogP contribution is 2.34. The topological polar surface area (TPSA) is 88.1 Å². The molecular weight excluding hydrogens is 312 g/mol. The second-order valence-electron chi connectivity index (χ2n) is 6.11. The van der Waals surface area contributed by atoms with E-state index >= 15 is 0 Å². The summed E-state index contributed by atoms with van der Waals surface area (Å²) in [6, 6.07) is 5.14. The molecule has 2 aliphatic rings. The third-order valence-electron chi connectivity index (χ3n) is 4.26. The summed E-state index contributed by atoms with van der Waals surface area (Å²) in [5.41, 5.74) is 1.17. The zero-order valence-electron chi connectivity index (χ0n) is 13.7. The van der Waals surface area contributed by atoms with E-state index in [0.29, 0.717) is 23.5 Å². The van der Waals surface area contributed by atoms with E-state index in [9.17, 15) is 14.7 Å². The van der Waals surface area contributed by atoms with E-state index in [0.717, 1.165) is 19.4 Å². The Morgan fingerprint density at radius 2 is 2.33 bits per heavy atom. The van der Waals surface area contributed by atoms with Crippen LogP contribution in [0.4, 0.5) is 5.69 Å². The lowest BCUT2D eigenvalue weighted by Crippen LogP contribution is -2.46. The Balaban J connectivity index is 1.69. The minimum Gasteiger partial charge on any atom is -0.482 e. The lowest BCUT2D eigenvalue weighted by atomic mass is 10.1. The molecule has 2 aliphatic heterocycles. The minimum absolute atomic E-state index is 0.0588. The first-order valence-electron chi connectivity index (χ1n) is 8.18. The molecule has 2 atom stereocenters. The lowest BCUT2D eigenvalue weighted by molar-refractivity contribution is -0.125. The lowest BCUT2D eigenvalue weighted by Gasteiger charge is -2.29. The minimum atomic E-state index is -0.664. The van der Waals surface area contributed by atoms with Crippen LogP contribution in [0.15, 0.2) is 18.2 Å². The fraction of sp³-hybridized carbons (Fsp3) is 0.529. The molecule has 24 heavy (non-hydrogen) atoms. The van der Waals surface area contributed by atoms with Crippen molar-refractivity contribution < 1.29 is 24.2 Å². The molecule has 2 heterocycles. The summed E-state index contributed by atoms with van der Waals surface area (Å²) >= 11 is 0. The first-order valence-corrected chi connectivity index (χ1v) is 8.18. The van der Waals surface area contributed by atoms with Gasteiger partial charge in [0.05, 0.1) is 17.9 Å². The van der Waals surface area contributed by atoms with Crippen LogP contribution in [-0.2, 0) is 14.3 Å². The van der Waals surface area contributed by atoms with Gasteiger partial charge in [0.1, 0.15) is 12.3 Å². The van der Waals surface area contributed by atoms with Crippen LogP contribution in [0.1, 0.15) is 31.4 Å². The van der Waals surface area contributed by atoms with Crippen LogP contribution in [0, 0.1) is 0 Å². The quantitative estimate of drug-likeness (QED) is 0.830. The van der Waals surface area contributed by atoms with Gasteiger partial charge in [-0.25, -0.2) is 0 Å². The second-order valence-corrected chi connectivity index (χ2v) is 6.11. The Hall–Kier alpha value is -2.12. The van der Waals surface area contributed by atoms with Crippen LogP contribution < -0.4 is 15.0 Å². The summed E-state index contributed by atoms with van der Waals surface area (Å²) in [5, 5.41) is 12.5. The number of hydrogen-bond donors (Lipinski definition) is 2. The molecule has 2 N–H and O–H groups in total. The largest absolute Gasteiger partial charge is 0.482 e. The summed E-state index contributed by atoms with van der Waals surface area (Å²) in [6.07, 6.45) is 1.35. The fourth-order valence-electron chi connectivity index (χ4n) is 2.88. The number of amides is 2. The number of ether oxygens (including phenoxy) is 2. The second kappa shape index (κ2) is 7.19. The van der Waals surface area contributed by atoms with Gasteiger partial charge in [0.2, 0.25) is 5.91 Å². The highest BCUT2D eigenvalue weighted by atomic mass is 16.5. The molecule has 2 amide bonds. The van der Waals surface area contributed by atoms with Crippen molar-refractivity contribution in [2.75, 3.05) is 31.2 Å². The smallest absolute Gasteiger partial charge is 0.265 e. The normalized spacial score (nSPS) is 21.2. The molecule has 0 bridgehead atoms. The number of carbonyl (C=O) groups is 2. The molecule has 1 aromatic rings. The monoisotopic (exact) mass is 334 g/mol. The van der Waals surface area contributed by atoms with Crippen molar-refractivity contribution in [1.82, 2.24) is 5.32 Å². The molecule has 3 rings (SSSR count). The van der Waals surface area contributed by atoms with Gasteiger partial charge in [0.25, 0.3) is 5.91 Å². The van der Waals surface area contributed by atoms with Crippen LogP contribution in [0.2, 0.25) is 0 Å². The van der Waals surface area contributed by atoms with E-state index in [1.54, 1.807) is 25.1 Å². The standard InChI is InChI=1S/C17H22N2O5/c1-11(20)12-4-5-15-14(7-12)19(17(22)10-24-15)9-16(21)18-8-13-3-2-6-23-13/h4-5,7,11,13,20H,2-3,6,8-10H2,1H3,(H,18,21)/t11-,13-/m0/s1. The van der Waals surface area contributed by atoms with Gasteiger partial charge in [0, 0.05) is 13.2 Å². The van der Waals surface area contributed by atoms with Crippen LogP contribution in [-0.4, -0.2) is 49.3 Å².